The summed E-state index contributed by atoms with van der Waals surface area (Å²) < 4.78 is 7.04. The van der Waals surface area contributed by atoms with Gasteiger partial charge in [0.1, 0.15) is 11.4 Å². The molecule has 28 heavy (non-hydrogen) atoms. The third kappa shape index (κ3) is 3.17. The van der Waals surface area contributed by atoms with Crippen LogP contribution in [0.3, 0.4) is 0 Å². The van der Waals surface area contributed by atoms with Gasteiger partial charge in [0.2, 0.25) is 0 Å². The molecule has 0 unspecified atom stereocenters. The highest BCUT2D eigenvalue weighted by atomic mass is 16.5. The lowest BCUT2D eigenvalue weighted by molar-refractivity contribution is 0.0696. The van der Waals surface area contributed by atoms with Crippen molar-refractivity contribution < 1.29 is 14.6 Å². The average molecular weight is 376 g/mol. The Kier molecular flexibility index (Phi) is 4.69. The summed E-state index contributed by atoms with van der Waals surface area (Å²) in [6.45, 7) is 2.52. The van der Waals surface area contributed by atoms with Crippen LogP contribution in [0.2, 0.25) is 0 Å². The molecule has 1 N–H and O–H groups in total. The molecule has 0 bridgehead atoms. The fourth-order valence-corrected chi connectivity index (χ4v) is 3.58. The van der Waals surface area contributed by atoms with Crippen LogP contribution in [0.5, 0.6) is 5.75 Å². The van der Waals surface area contributed by atoms with Crippen molar-refractivity contribution in [2.24, 2.45) is 0 Å². The Morgan fingerprint density at radius 1 is 1.25 bits per heavy atom. The van der Waals surface area contributed by atoms with Gasteiger partial charge >= 0.3 is 5.97 Å². The Morgan fingerprint density at radius 3 is 2.86 bits per heavy atom. The van der Waals surface area contributed by atoms with Crippen molar-refractivity contribution in [2.75, 3.05) is 6.61 Å². The Bertz CT molecular complexity index is 1160. The number of para-hydroxylation sites is 1. The minimum atomic E-state index is -1.07. The number of hydrogen-bond donors (Lipinski definition) is 1. The number of nitrogens with zero attached hydrogens (tertiary/aromatic N) is 2. The van der Waals surface area contributed by atoms with Crippen LogP contribution in [-0.4, -0.2) is 27.1 Å². The first kappa shape index (κ1) is 18.0. The number of fused-ring (bicyclic) bond motifs is 2. The molecule has 1 aliphatic rings. The van der Waals surface area contributed by atoms with Crippen molar-refractivity contribution >= 4 is 23.3 Å². The van der Waals surface area contributed by atoms with Crippen LogP contribution < -0.4 is 10.3 Å². The predicted molar refractivity (Wildman–Crippen MR) is 107 cm³/mol. The quantitative estimate of drug-likeness (QED) is 0.751. The number of aromatic nitrogens is 2. The lowest BCUT2D eigenvalue weighted by atomic mass is 9.90. The van der Waals surface area contributed by atoms with Gasteiger partial charge in [0, 0.05) is 17.3 Å². The lowest BCUT2D eigenvalue weighted by Gasteiger charge is -2.19. The van der Waals surface area contributed by atoms with Crippen molar-refractivity contribution in [3.05, 3.63) is 75.3 Å². The van der Waals surface area contributed by atoms with Crippen LogP contribution in [-0.2, 0) is 6.42 Å². The van der Waals surface area contributed by atoms with E-state index in [1.165, 1.54) is 16.7 Å². The summed E-state index contributed by atoms with van der Waals surface area (Å²) in [7, 11) is 0. The third-order valence-corrected chi connectivity index (χ3v) is 4.89. The van der Waals surface area contributed by atoms with Gasteiger partial charge in [-0.2, -0.15) is 0 Å². The van der Waals surface area contributed by atoms with E-state index in [2.05, 4.69) is 0 Å². The van der Waals surface area contributed by atoms with E-state index in [9.17, 15) is 14.7 Å². The van der Waals surface area contributed by atoms with Gasteiger partial charge in [0.25, 0.3) is 5.56 Å². The van der Waals surface area contributed by atoms with E-state index in [4.69, 9.17) is 9.72 Å². The number of aromatic carboxylic acids is 1. The molecule has 2 aromatic heterocycles. The van der Waals surface area contributed by atoms with Crippen LogP contribution in [0.4, 0.5) is 0 Å². The molecule has 0 spiro atoms. The van der Waals surface area contributed by atoms with E-state index in [-0.39, 0.29) is 11.1 Å². The molecule has 3 aromatic rings. The van der Waals surface area contributed by atoms with Gasteiger partial charge < -0.3 is 9.84 Å². The third-order valence-electron chi connectivity index (χ3n) is 4.89. The molecule has 6 heteroatoms. The van der Waals surface area contributed by atoms with Gasteiger partial charge in [0.05, 0.1) is 17.9 Å². The Morgan fingerprint density at radius 2 is 2.07 bits per heavy atom. The molecule has 0 aliphatic heterocycles. The van der Waals surface area contributed by atoms with Crippen molar-refractivity contribution in [3.8, 4) is 5.75 Å². The molecule has 1 aliphatic carbocycles. The second kappa shape index (κ2) is 7.31. The van der Waals surface area contributed by atoms with Gasteiger partial charge in [-0.1, -0.05) is 18.2 Å². The molecule has 1 aromatic carbocycles. The fraction of sp³-hybridized carbons (Fsp3) is 0.227. The van der Waals surface area contributed by atoms with Crippen molar-refractivity contribution in [1.29, 1.82) is 0 Å². The fourth-order valence-electron chi connectivity index (χ4n) is 3.58. The summed E-state index contributed by atoms with van der Waals surface area (Å²) in [5, 5.41) is 9.19. The number of benzene rings is 1. The number of rotatable bonds is 4. The highest BCUT2D eigenvalue weighted by Gasteiger charge is 2.21. The Hall–Kier alpha value is -3.41. The number of hydrogen-bond acceptors (Lipinski definition) is 4. The normalized spacial score (nSPS) is 14.8. The highest BCUT2D eigenvalue weighted by Crippen LogP contribution is 2.32. The smallest absolute Gasteiger partial charge is 0.337 e. The summed E-state index contributed by atoms with van der Waals surface area (Å²) in [6, 6.07) is 10.8. The van der Waals surface area contributed by atoms with E-state index in [1.54, 1.807) is 6.07 Å². The summed E-state index contributed by atoms with van der Waals surface area (Å²) in [4.78, 5) is 28.9. The van der Waals surface area contributed by atoms with E-state index in [0.29, 0.717) is 29.9 Å². The van der Waals surface area contributed by atoms with Gasteiger partial charge in [0.15, 0.2) is 0 Å². The summed E-state index contributed by atoms with van der Waals surface area (Å²) >= 11 is 0. The molecule has 2 heterocycles. The summed E-state index contributed by atoms with van der Waals surface area (Å²) in [5.74, 6) is -0.270. The standard InChI is InChI=1S/C22H20N2O4/c1-2-28-18-9-4-3-6-14(18)12-15-7-5-8-17-20(15)23-19-11-10-16(22(26)27)13-24(19)21(17)25/h3-4,6,9-13H,2,5,7-8H2,1H3,(H,26,27)/b15-12+. The maximum atomic E-state index is 13.0. The predicted octanol–water partition coefficient (Wildman–Crippen LogP) is 3.67. The lowest BCUT2D eigenvalue weighted by Crippen LogP contribution is -2.25. The maximum Gasteiger partial charge on any atom is 0.337 e. The first-order chi connectivity index (χ1) is 13.6. The molecule has 0 amide bonds. The van der Waals surface area contributed by atoms with Crippen molar-refractivity contribution in [2.45, 2.75) is 26.2 Å². The van der Waals surface area contributed by atoms with Gasteiger partial charge in [-0.15, -0.1) is 0 Å². The molecular weight excluding hydrogens is 356 g/mol. The molecule has 0 atom stereocenters. The number of carbonyl (C=O) groups is 1. The number of pyridine rings is 1. The van der Waals surface area contributed by atoms with Crippen LogP contribution in [0, 0.1) is 0 Å². The van der Waals surface area contributed by atoms with Crippen molar-refractivity contribution in [3.63, 3.8) is 0 Å². The topological polar surface area (TPSA) is 80.9 Å². The zero-order valence-electron chi connectivity index (χ0n) is 15.5. The number of ether oxygens (including phenoxy) is 1. The molecule has 0 radical (unpaired) electrons. The number of allylic oxidation sites excluding steroid dienone is 1. The minimum Gasteiger partial charge on any atom is -0.493 e. The molecular formula is C22H20N2O4. The van der Waals surface area contributed by atoms with Crippen LogP contribution in [0.15, 0.2) is 47.4 Å². The zero-order chi connectivity index (χ0) is 19.7. The van der Waals surface area contributed by atoms with E-state index in [1.807, 2.05) is 37.3 Å². The second-order valence-electron chi connectivity index (χ2n) is 6.69. The van der Waals surface area contributed by atoms with Crippen LogP contribution >= 0.6 is 0 Å². The monoisotopic (exact) mass is 376 g/mol. The molecule has 4 rings (SSSR count). The minimum absolute atomic E-state index is 0.0635. The van der Waals surface area contributed by atoms with Crippen molar-refractivity contribution in [1.82, 2.24) is 9.38 Å². The Labute approximate surface area is 161 Å². The SMILES string of the molecule is CCOc1ccccc1/C=C1\CCCc2c1nc1ccc(C(=O)O)cn1c2=O. The molecule has 142 valence electrons. The van der Waals surface area contributed by atoms with Gasteiger partial charge in [-0.3, -0.25) is 9.20 Å². The van der Waals surface area contributed by atoms with Crippen LogP contribution in [0.25, 0.3) is 17.3 Å². The Balaban J connectivity index is 1.88. The molecule has 0 saturated carbocycles. The van der Waals surface area contributed by atoms with E-state index in [0.717, 1.165) is 29.7 Å². The summed E-state index contributed by atoms with van der Waals surface area (Å²) in [6.07, 6.45) is 5.68. The average Bonchev–Trinajstić information content (AvgIpc) is 2.70. The molecule has 0 fully saturated rings. The maximum absolute atomic E-state index is 13.0. The van der Waals surface area contributed by atoms with Gasteiger partial charge in [-0.25, -0.2) is 9.78 Å². The zero-order valence-corrected chi connectivity index (χ0v) is 15.5. The highest BCUT2D eigenvalue weighted by molar-refractivity contribution is 5.88. The first-order valence-electron chi connectivity index (χ1n) is 9.30. The first-order valence-corrected chi connectivity index (χ1v) is 9.30. The van der Waals surface area contributed by atoms with E-state index < -0.39 is 5.97 Å². The molecule has 0 saturated heterocycles. The largest absolute Gasteiger partial charge is 0.493 e. The van der Waals surface area contributed by atoms with E-state index >= 15 is 0 Å². The number of carboxylic acids is 1. The number of carboxylic acid groups (broad SMARTS) is 1. The second-order valence-corrected chi connectivity index (χ2v) is 6.69. The van der Waals surface area contributed by atoms with Gasteiger partial charge in [-0.05, 0) is 56.0 Å². The molecule has 6 nitrogen and oxygen atoms in total. The van der Waals surface area contributed by atoms with Crippen LogP contribution in [0.1, 0.15) is 46.9 Å². The summed E-state index contributed by atoms with van der Waals surface area (Å²) in [5.41, 5.74) is 3.59.